The van der Waals surface area contributed by atoms with E-state index in [1.54, 1.807) is 0 Å². The van der Waals surface area contributed by atoms with Crippen LogP contribution in [0.1, 0.15) is 31.6 Å². The van der Waals surface area contributed by atoms with Crippen molar-refractivity contribution in [2.24, 2.45) is 0 Å². The van der Waals surface area contributed by atoms with E-state index in [4.69, 9.17) is 9.15 Å². The van der Waals surface area contributed by atoms with Crippen LogP contribution in [0.15, 0.2) is 34.7 Å². The van der Waals surface area contributed by atoms with Crippen molar-refractivity contribution in [3.8, 4) is 0 Å². The topological polar surface area (TPSA) is 34.4 Å². The lowest BCUT2D eigenvalue weighted by atomic mass is 9.98. The summed E-state index contributed by atoms with van der Waals surface area (Å²) in [7, 11) is 0. The lowest BCUT2D eigenvalue weighted by Crippen LogP contribution is -2.43. The molecule has 3 nitrogen and oxygen atoms in total. The molecule has 1 aromatic heterocycles. The maximum absolute atomic E-state index is 5.94. The zero-order valence-electron chi connectivity index (χ0n) is 12.7. The summed E-state index contributed by atoms with van der Waals surface area (Å²) in [6.45, 7) is 4.92. The molecule has 1 N–H and O–H groups in total. The molecule has 2 aromatic rings. The number of rotatable bonds is 5. The lowest BCUT2D eigenvalue weighted by molar-refractivity contribution is 0.0765. The Balaban J connectivity index is 1.66. The summed E-state index contributed by atoms with van der Waals surface area (Å²) in [5.74, 6) is 1.01. The third-order valence-electron chi connectivity index (χ3n) is 4.44. The van der Waals surface area contributed by atoms with Crippen molar-refractivity contribution in [1.29, 1.82) is 0 Å². The number of ether oxygens (including phenoxy) is 1. The van der Waals surface area contributed by atoms with Crippen LogP contribution in [-0.4, -0.2) is 30.8 Å². The van der Waals surface area contributed by atoms with E-state index in [1.165, 1.54) is 5.39 Å². The number of para-hydroxylation sites is 1. The predicted octanol–water partition coefficient (Wildman–Crippen LogP) is 4.00. The van der Waals surface area contributed by atoms with E-state index in [0.717, 1.165) is 43.9 Å². The van der Waals surface area contributed by atoms with E-state index >= 15 is 0 Å². The Bertz CT molecular complexity index is 556. The molecule has 1 aliphatic rings. The first-order chi connectivity index (χ1) is 10.2. The van der Waals surface area contributed by atoms with Gasteiger partial charge in [0.2, 0.25) is 0 Å². The Labute approximate surface area is 130 Å². The zero-order chi connectivity index (χ0) is 14.7. The molecule has 0 saturated carbocycles. The van der Waals surface area contributed by atoms with Crippen molar-refractivity contribution in [1.82, 2.24) is 5.32 Å². The third kappa shape index (κ3) is 3.28. The van der Waals surface area contributed by atoms with Gasteiger partial charge in [0.05, 0.1) is 6.04 Å². The number of fused-ring (bicyclic) bond motifs is 1. The van der Waals surface area contributed by atoms with Gasteiger partial charge < -0.3 is 14.5 Å². The monoisotopic (exact) mass is 305 g/mol. The second-order valence-corrected chi connectivity index (χ2v) is 7.06. The Kier molecular flexibility index (Phi) is 4.57. The third-order valence-corrected chi connectivity index (χ3v) is 5.86. The fraction of sp³-hybridized carbons (Fsp3) is 0.529. The molecule has 0 amide bonds. The van der Waals surface area contributed by atoms with E-state index in [-0.39, 0.29) is 6.04 Å². The quantitative estimate of drug-likeness (QED) is 0.905. The van der Waals surface area contributed by atoms with Crippen LogP contribution in [0.5, 0.6) is 0 Å². The van der Waals surface area contributed by atoms with Crippen molar-refractivity contribution in [2.45, 2.75) is 30.6 Å². The number of nitrogens with one attached hydrogen (secondary N) is 1. The Morgan fingerprint density at radius 3 is 2.76 bits per heavy atom. The van der Waals surface area contributed by atoms with Crippen molar-refractivity contribution in [3.63, 3.8) is 0 Å². The van der Waals surface area contributed by atoms with Gasteiger partial charge >= 0.3 is 0 Å². The largest absolute Gasteiger partial charge is 0.459 e. The summed E-state index contributed by atoms with van der Waals surface area (Å²) in [4.78, 5) is 0. The summed E-state index contributed by atoms with van der Waals surface area (Å²) in [6.07, 6.45) is 4.45. The van der Waals surface area contributed by atoms with Gasteiger partial charge in [-0.25, -0.2) is 0 Å². The van der Waals surface area contributed by atoms with Crippen LogP contribution in [0.4, 0.5) is 0 Å². The van der Waals surface area contributed by atoms with Gasteiger partial charge in [0.15, 0.2) is 0 Å². The number of benzene rings is 1. The van der Waals surface area contributed by atoms with Crippen LogP contribution in [0.3, 0.4) is 0 Å². The second-order valence-electron chi connectivity index (χ2n) is 5.79. The minimum Gasteiger partial charge on any atom is -0.459 e. The molecule has 1 aromatic carbocycles. The maximum Gasteiger partial charge on any atom is 0.134 e. The van der Waals surface area contributed by atoms with E-state index in [1.807, 2.05) is 30.0 Å². The molecular formula is C17H23NO2S. The fourth-order valence-electron chi connectivity index (χ4n) is 2.85. The van der Waals surface area contributed by atoms with Crippen LogP contribution in [0.25, 0.3) is 11.0 Å². The highest BCUT2D eigenvalue weighted by Crippen LogP contribution is 2.34. The molecule has 0 aliphatic carbocycles. The van der Waals surface area contributed by atoms with Gasteiger partial charge in [0.25, 0.3) is 0 Å². The van der Waals surface area contributed by atoms with Gasteiger partial charge in [-0.2, -0.15) is 11.8 Å². The molecule has 1 fully saturated rings. The van der Waals surface area contributed by atoms with Crippen molar-refractivity contribution >= 4 is 22.7 Å². The smallest absolute Gasteiger partial charge is 0.134 e. The Morgan fingerprint density at radius 1 is 1.29 bits per heavy atom. The summed E-state index contributed by atoms with van der Waals surface area (Å²) in [6, 6.07) is 10.5. The molecule has 1 aliphatic heterocycles. The highest BCUT2D eigenvalue weighted by atomic mass is 32.2. The molecular weight excluding hydrogens is 282 g/mol. The summed E-state index contributed by atoms with van der Waals surface area (Å²) in [5, 5.41) is 4.82. The molecule has 0 bridgehead atoms. The molecule has 3 rings (SSSR count). The van der Waals surface area contributed by atoms with E-state index in [0.29, 0.717) is 4.75 Å². The highest BCUT2D eigenvalue weighted by molar-refractivity contribution is 8.00. The molecule has 0 radical (unpaired) electrons. The van der Waals surface area contributed by atoms with Gasteiger partial charge in [0, 0.05) is 29.9 Å². The van der Waals surface area contributed by atoms with E-state index in [2.05, 4.69) is 30.6 Å². The first-order valence-corrected chi connectivity index (χ1v) is 8.80. The predicted molar refractivity (Wildman–Crippen MR) is 88.9 cm³/mol. The summed E-state index contributed by atoms with van der Waals surface area (Å²) < 4.78 is 11.7. The van der Waals surface area contributed by atoms with Crippen molar-refractivity contribution in [3.05, 3.63) is 36.1 Å². The average molecular weight is 305 g/mol. The zero-order valence-corrected chi connectivity index (χ0v) is 13.5. The normalized spacial score (nSPS) is 19.7. The molecule has 21 heavy (non-hydrogen) atoms. The minimum absolute atomic E-state index is 0.226. The first kappa shape index (κ1) is 14.9. The Hall–Kier alpha value is -0.970. The van der Waals surface area contributed by atoms with Crippen LogP contribution in [-0.2, 0) is 4.74 Å². The number of thioether (sulfide) groups is 1. The van der Waals surface area contributed by atoms with E-state index in [9.17, 15) is 0 Å². The SMILES string of the molecule is CSC1(CNC(C)c2cc3ccccc3o2)CCOCC1. The summed E-state index contributed by atoms with van der Waals surface area (Å²) in [5.41, 5.74) is 0.965. The molecule has 2 heterocycles. The molecule has 4 heteroatoms. The van der Waals surface area contributed by atoms with Gasteiger partial charge in [-0.05, 0) is 38.2 Å². The fourth-order valence-corrected chi connectivity index (χ4v) is 3.65. The summed E-state index contributed by atoms with van der Waals surface area (Å²) >= 11 is 1.96. The molecule has 1 unspecified atom stereocenters. The standard InChI is InChI=1S/C17H23NO2S/c1-13(16-11-14-5-3-4-6-15(14)20-16)18-12-17(21-2)7-9-19-10-8-17/h3-6,11,13,18H,7-10,12H2,1-2H3. The average Bonchev–Trinajstić information content (AvgIpc) is 2.97. The van der Waals surface area contributed by atoms with Crippen molar-refractivity contribution in [2.75, 3.05) is 26.0 Å². The number of furan rings is 1. The first-order valence-electron chi connectivity index (χ1n) is 7.57. The van der Waals surface area contributed by atoms with Gasteiger partial charge in [-0.3, -0.25) is 0 Å². The minimum atomic E-state index is 0.226. The van der Waals surface area contributed by atoms with Crippen LogP contribution in [0.2, 0.25) is 0 Å². The lowest BCUT2D eigenvalue weighted by Gasteiger charge is -2.36. The molecule has 114 valence electrons. The number of hydrogen-bond acceptors (Lipinski definition) is 4. The maximum atomic E-state index is 5.94. The van der Waals surface area contributed by atoms with Gasteiger partial charge in [-0.15, -0.1) is 0 Å². The molecule has 0 spiro atoms. The van der Waals surface area contributed by atoms with Crippen LogP contribution in [0, 0.1) is 0 Å². The van der Waals surface area contributed by atoms with Crippen LogP contribution < -0.4 is 5.32 Å². The Morgan fingerprint density at radius 2 is 2.05 bits per heavy atom. The van der Waals surface area contributed by atoms with Gasteiger partial charge in [0.1, 0.15) is 11.3 Å². The molecule has 1 saturated heterocycles. The molecule has 1 atom stereocenters. The second kappa shape index (κ2) is 6.42. The highest BCUT2D eigenvalue weighted by Gasteiger charge is 2.32. The van der Waals surface area contributed by atoms with Gasteiger partial charge in [-0.1, -0.05) is 18.2 Å². The van der Waals surface area contributed by atoms with Crippen LogP contribution >= 0.6 is 11.8 Å². The van der Waals surface area contributed by atoms with E-state index < -0.39 is 0 Å². The number of hydrogen-bond donors (Lipinski definition) is 1. The van der Waals surface area contributed by atoms with Crippen molar-refractivity contribution < 1.29 is 9.15 Å².